The summed E-state index contributed by atoms with van der Waals surface area (Å²) in [7, 11) is 0. The van der Waals surface area contributed by atoms with Crippen LogP contribution in [0.25, 0.3) is 22.5 Å². The van der Waals surface area contributed by atoms with Gasteiger partial charge in [-0.2, -0.15) is 13.2 Å². The first-order valence-electron chi connectivity index (χ1n) is 13.5. The van der Waals surface area contributed by atoms with Gasteiger partial charge in [0, 0.05) is 48.5 Å². The van der Waals surface area contributed by atoms with E-state index >= 15 is 0 Å². The first kappa shape index (κ1) is 32.1. The van der Waals surface area contributed by atoms with Crippen molar-refractivity contribution in [3.63, 3.8) is 0 Å². The average molecular weight is 587 g/mol. The molecule has 0 radical (unpaired) electrons. The van der Waals surface area contributed by atoms with E-state index in [0.717, 1.165) is 25.2 Å². The monoisotopic (exact) mass is 586 g/mol. The molecule has 0 atom stereocenters. The van der Waals surface area contributed by atoms with Crippen LogP contribution in [0.5, 0.6) is 0 Å². The van der Waals surface area contributed by atoms with Gasteiger partial charge in [0.25, 0.3) is 0 Å². The van der Waals surface area contributed by atoms with Crippen molar-refractivity contribution in [1.82, 2.24) is 24.9 Å². The molecule has 0 bridgehead atoms. The number of anilines is 1. The number of benzene rings is 1. The van der Waals surface area contributed by atoms with Crippen molar-refractivity contribution in [3.05, 3.63) is 60.6 Å². The molecule has 0 spiro atoms. The number of hydrogen-bond acceptors (Lipinski definition) is 6. The second-order valence-electron chi connectivity index (χ2n) is 10.0. The Kier molecular flexibility index (Phi) is 10.7. The maximum Gasteiger partial charge on any atom is 0.405 e. The Balaban J connectivity index is 1.72. The lowest BCUT2D eigenvalue weighted by atomic mass is 10.0. The summed E-state index contributed by atoms with van der Waals surface area (Å²) < 4.78 is 39.0. The molecular formula is C29H37F3N8O2. The van der Waals surface area contributed by atoms with E-state index in [9.17, 15) is 22.8 Å². The fraction of sp³-hybridized carbons (Fsp3) is 0.379. The molecule has 1 aromatic carbocycles. The molecule has 2 heterocycles. The second-order valence-corrected chi connectivity index (χ2v) is 10.0. The Morgan fingerprint density at radius 2 is 1.86 bits per heavy atom. The highest BCUT2D eigenvalue weighted by Crippen LogP contribution is 2.25. The summed E-state index contributed by atoms with van der Waals surface area (Å²) in [5.41, 5.74) is 8.55. The molecule has 10 nitrogen and oxygen atoms in total. The Morgan fingerprint density at radius 1 is 1.12 bits per heavy atom. The van der Waals surface area contributed by atoms with E-state index in [1.165, 1.54) is 6.20 Å². The van der Waals surface area contributed by atoms with Gasteiger partial charge in [0.2, 0.25) is 5.91 Å². The summed E-state index contributed by atoms with van der Waals surface area (Å²) in [5, 5.41) is 7.13. The van der Waals surface area contributed by atoms with E-state index in [-0.39, 0.29) is 5.91 Å². The molecule has 0 aliphatic carbocycles. The van der Waals surface area contributed by atoms with Crippen molar-refractivity contribution in [3.8, 4) is 11.3 Å². The third kappa shape index (κ3) is 8.80. The summed E-state index contributed by atoms with van der Waals surface area (Å²) in [6, 6.07) is 9.36. The van der Waals surface area contributed by atoms with Crippen LogP contribution in [-0.4, -0.2) is 76.9 Å². The number of aromatic nitrogens is 2. The molecule has 42 heavy (non-hydrogen) atoms. The van der Waals surface area contributed by atoms with Crippen LogP contribution in [0, 0.1) is 0 Å². The predicted molar refractivity (Wildman–Crippen MR) is 159 cm³/mol. The number of amides is 3. The van der Waals surface area contributed by atoms with Crippen LogP contribution in [0.2, 0.25) is 0 Å². The molecule has 3 amide bonds. The number of aliphatic imine (C=N–C) groups is 1. The van der Waals surface area contributed by atoms with Gasteiger partial charge < -0.3 is 26.6 Å². The third-order valence-corrected chi connectivity index (χ3v) is 6.58. The number of allylic oxidation sites excluding steroid dienone is 1. The number of imidazole rings is 1. The number of nitrogens with zero attached hydrogens (tertiary/aromatic N) is 4. The van der Waals surface area contributed by atoms with Crippen molar-refractivity contribution in [2.45, 2.75) is 39.4 Å². The molecule has 0 aliphatic heterocycles. The van der Waals surface area contributed by atoms with Crippen LogP contribution in [0.1, 0.15) is 33.3 Å². The van der Waals surface area contributed by atoms with Crippen molar-refractivity contribution in [2.75, 3.05) is 38.0 Å². The molecule has 0 saturated heterocycles. The summed E-state index contributed by atoms with van der Waals surface area (Å²) in [5.74, 6) is -0.190. The number of carbonyl (C=O) groups excluding carboxylic acids is 2. The van der Waals surface area contributed by atoms with Crippen molar-refractivity contribution < 1.29 is 22.8 Å². The maximum absolute atomic E-state index is 12.7. The number of nitrogens with one attached hydrogen (secondary N) is 3. The minimum absolute atomic E-state index is 0.190. The summed E-state index contributed by atoms with van der Waals surface area (Å²) in [6.07, 6.45) is 1.92. The van der Waals surface area contributed by atoms with E-state index in [2.05, 4.69) is 39.4 Å². The summed E-state index contributed by atoms with van der Waals surface area (Å²) in [4.78, 5) is 35.8. The predicted octanol–water partition coefficient (Wildman–Crippen LogP) is 4.29. The maximum atomic E-state index is 12.7. The SMILES string of the molecule is CCN(CC)CCNC(=O)C(C)(C)N=CC(=CN)c1ccn2c(-c3cccc(NC(=O)NCC(F)(F)F)c3)cnc2c1. The van der Waals surface area contributed by atoms with E-state index < -0.39 is 24.3 Å². The molecule has 13 heteroatoms. The van der Waals surface area contributed by atoms with E-state index in [4.69, 9.17) is 5.73 Å². The quantitative estimate of drug-likeness (QED) is 0.235. The van der Waals surface area contributed by atoms with E-state index in [1.807, 2.05) is 16.5 Å². The Labute approximate surface area is 242 Å². The molecule has 5 N–H and O–H groups in total. The van der Waals surface area contributed by atoms with Gasteiger partial charge >= 0.3 is 12.2 Å². The Hall–Kier alpha value is -4.39. The minimum atomic E-state index is -4.50. The summed E-state index contributed by atoms with van der Waals surface area (Å²) in [6.45, 7) is 9.31. The first-order valence-corrected chi connectivity index (χ1v) is 13.5. The molecular weight excluding hydrogens is 549 g/mol. The normalized spacial score (nSPS) is 12.7. The number of halogens is 3. The lowest BCUT2D eigenvalue weighted by molar-refractivity contribution is -0.125. The second kappa shape index (κ2) is 14.0. The minimum Gasteiger partial charge on any atom is -0.404 e. The van der Waals surface area contributed by atoms with Gasteiger partial charge in [-0.1, -0.05) is 26.0 Å². The molecule has 3 rings (SSSR count). The van der Waals surface area contributed by atoms with Gasteiger partial charge in [0.05, 0.1) is 11.9 Å². The lowest BCUT2D eigenvalue weighted by Crippen LogP contribution is -2.44. The fourth-order valence-corrected chi connectivity index (χ4v) is 4.07. The number of urea groups is 1. The van der Waals surface area contributed by atoms with Gasteiger partial charge in [0.15, 0.2) is 0 Å². The van der Waals surface area contributed by atoms with Gasteiger partial charge in [-0.05, 0) is 56.8 Å². The summed E-state index contributed by atoms with van der Waals surface area (Å²) >= 11 is 0. The zero-order chi connectivity index (χ0) is 30.9. The van der Waals surface area contributed by atoms with Gasteiger partial charge in [-0.25, -0.2) is 9.78 Å². The number of likely N-dealkylation sites (N-methyl/N-ethyl adjacent to an activating group) is 1. The topological polar surface area (TPSA) is 129 Å². The number of carbonyl (C=O) groups is 2. The highest BCUT2D eigenvalue weighted by Gasteiger charge is 2.28. The number of hydrogen-bond donors (Lipinski definition) is 4. The highest BCUT2D eigenvalue weighted by molar-refractivity contribution is 6.10. The van der Waals surface area contributed by atoms with Crippen LogP contribution in [0.4, 0.5) is 23.7 Å². The fourth-order valence-electron chi connectivity index (χ4n) is 4.07. The van der Waals surface area contributed by atoms with Gasteiger partial charge in [-0.15, -0.1) is 0 Å². The van der Waals surface area contributed by atoms with Crippen molar-refractivity contribution in [1.29, 1.82) is 0 Å². The largest absolute Gasteiger partial charge is 0.405 e. The number of rotatable bonds is 12. The zero-order valence-corrected chi connectivity index (χ0v) is 24.1. The van der Waals surface area contributed by atoms with Gasteiger partial charge in [0.1, 0.15) is 17.7 Å². The molecule has 3 aromatic rings. The van der Waals surface area contributed by atoms with Gasteiger partial charge in [-0.3, -0.25) is 14.2 Å². The van der Waals surface area contributed by atoms with Crippen LogP contribution in [0.15, 0.2) is 60.0 Å². The molecule has 0 unspecified atom stereocenters. The molecule has 0 fully saturated rings. The van der Waals surface area contributed by atoms with Crippen LogP contribution in [-0.2, 0) is 4.79 Å². The molecule has 2 aromatic heterocycles. The number of nitrogens with two attached hydrogens (primary N) is 1. The number of alkyl halides is 3. The standard InChI is InChI=1S/C29H37F3N8O2/c1-5-39(6-2)13-11-34-26(41)28(3,4)37-17-22(16-33)20-10-12-40-24(18-35-25(40)15-20)21-8-7-9-23(14-21)38-27(42)36-19-29(30,31)32/h7-10,12,14-18H,5-6,11,13,19,33H2,1-4H3,(H,34,41)(H2,36,38,42). The highest BCUT2D eigenvalue weighted by atomic mass is 19.4. The Bertz CT molecular complexity index is 1440. The Morgan fingerprint density at radius 3 is 2.52 bits per heavy atom. The zero-order valence-electron chi connectivity index (χ0n) is 24.1. The molecule has 0 saturated carbocycles. The first-order chi connectivity index (χ1) is 19.9. The third-order valence-electron chi connectivity index (χ3n) is 6.58. The number of fused-ring (bicyclic) bond motifs is 1. The van der Waals surface area contributed by atoms with Crippen LogP contribution < -0.4 is 21.7 Å². The average Bonchev–Trinajstić information content (AvgIpc) is 3.38. The van der Waals surface area contributed by atoms with Crippen LogP contribution in [0.3, 0.4) is 0 Å². The van der Waals surface area contributed by atoms with Crippen molar-refractivity contribution >= 4 is 35.1 Å². The molecule has 226 valence electrons. The van der Waals surface area contributed by atoms with E-state index in [0.29, 0.717) is 34.7 Å². The number of pyridine rings is 1. The lowest BCUT2D eigenvalue weighted by Gasteiger charge is -2.22. The van der Waals surface area contributed by atoms with E-state index in [1.54, 1.807) is 62.0 Å². The van der Waals surface area contributed by atoms with Crippen molar-refractivity contribution in [2.24, 2.45) is 10.7 Å². The molecule has 0 aliphatic rings. The smallest absolute Gasteiger partial charge is 0.404 e. The van der Waals surface area contributed by atoms with Crippen LogP contribution >= 0.6 is 0 Å².